The third-order valence-corrected chi connectivity index (χ3v) is 8.60. The van der Waals surface area contributed by atoms with E-state index in [1.807, 2.05) is 0 Å². The Balaban J connectivity index is 1.62. The van der Waals surface area contributed by atoms with Crippen LogP contribution in [0.25, 0.3) is 10.1 Å². The van der Waals surface area contributed by atoms with Gasteiger partial charge < -0.3 is 14.4 Å². The molecule has 10 heteroatoms. The van der Waals surface area contributed by atoms with Gasteiger partial charge in [0.1, 0.15) is 22.8 Å². The van der Waals surface area contributed by atoms with Crippen LogP contribution in [0, 0.1) is 0 Å². The summed E-state index contributed by atoms with van der Waals surface area (Å²) in [4.78, 5) is 23.8. The Morgan fingerprint density at radius 2 is 1.91 bits per heavy atom. The average Bonchev–Trinajstić information content (AvgIpc) is 3.20. The Kier molecular flexibility index (Phi) is 6.83. The summed E-state index contributed by atoms with van der Waals surface area (Å²) in [5, 5.41) is 12.3. The van der Waals surface area contributed by atoms with Crippen molar-refractivity contribution < 1.29 is 32.9 Å². The fourth-order valence-electron chi connectivity index (χ4n) is 3.37. The number of para-hydroxylation sites is 1. The quantitative estimate of drug-likeness (QED) is 0.283. The van der Waals surface area contributed by atoms with E-state index in [0.29, 0.717) is 10.1 Å². The van der Waals surface area contributed by atoms with Gasteiger partial charge in [0, 0.05) is 4.70 Å². The standard InChI is InChI=1S/C23H23FNO6PS/c1-14(23(28)30-17-8-5-9-17)25-32(29,31-18-6-3-2-4-7-18)21(24)15-10-11-19-16(12-15)13-20(33-19)22(26)27/h2-4,6-7,10-14,17,21H,5,8-9H2,1H3,(H,25,29)(H,26,27)/t14-,21-,32?/m0/s1. The van der Waals surface area contributed by atoms with Gasteiger partial charge in [0.15, 0.2) is 0 Å². The smallest absolute Gasteiger partial charge is 0.355 e. The third kappa shape index (κ3) is 5.27. The molecule has 0 bridgehead atoms. The lowest BCUT2D eigenvalue weighted by atomic mass is 9.96. The van der Waals surface area contributed by atoms with E-state index in [-0.39, 0.29) is 22.3 Å². The first-order chi connectivity index (χ1) is 15.7. The van der Waals surface area contributed by atoms with Gasteiger partial charge >= 0.3 is 19.5 Å². The number of nitrogens with one attached hydrogen (secondary N) is 1. The number of halogens is 1. The highest BCUT2D eigenvalue weighted by Gasteiger charge is 2.41. The number of thiophene rings is 1. The van der Waals surface area contributed by atoms with Gasteiger partial charge in [-0.05, 0) is 67.5 Å². The second-order valence-corrected chi connectivity index (χ2v) is 11.1. The number of hydrogen-bond acceptors (Lipinski definition) is 6. The van der Waals surface area contributed by atoms with E-state index in [0.717, 1.165) is 30.6 Å². The van der Waals surface area contributed by atoms with Gasteiger partial charge in [-0.3, -0.25) is 9.36 Å². The van der Waals surface area contributed by atoms with Crippen LogP contribution in [0.2, 0.25) is 0 Å². The summed E-state index contributed by atoms with van der Waals surface area (Å²) in [6.45, 7) is 1.45. The predicted octanol–water partition coefficient (Wildman–Crippen LogP) is 5.91. The molecule has 1 unspecified atom stereocenters. The Hall–Kier alpha value is -2.74. The molecule has 0 amide bonds. The number of alkyl halides is 1. The Labute approximate surface area is 194 Å². The molecule has 0 aliphatic heterocycles. The van der Waals surface area contributed by atoms with Crippen molar-refractivity contribution in [3.63, 3.8) is 0 Å². The molecule has 3 aromatic rings. The number of fused-ring (bicyclic) bond motifs is 1. The van der Waals surface area contributed by atoms with Crippen LogP contribution in [0.15, 0.2) is 54.6 Å². The van der Waals surface area contributed by atoms with Crippen molar-refractivity contribution in [2.45, 2.75) is 44.2 Å². The Morgan fingerprint density at radius 3 is 2.55 bits per heavy atom. The van der Waals surface area contributed by atoms with Gasteiger partial charge in [-0.1, -0.05) is 24.3 Å². The third-order valence-electron chi connectivity index (χ3n) is 5.37. The van der Waals surface area contributed by atoms with E-state index in [1.165, 1.54) is 25.1 Å². The van der Waals surface area contributed by atoms with Crippen LogP contribution in [-0.2, 0) is 14.1 Å². The van der Waals surface area contributed by atoms with Crippen LogP contribution in [0.4, 0.5) is 4.39 Å². The fourth-order valence-corrected chi connectivity index (χ4v) is 6.16. The Morgan fingerprint density at radius 1 is 1.18 bits per heavy atom. The van der Waals surface area contributed by atoms with Crippen LogP contribution in [-0.4, -0.2) is 29.2 Å². The maximum absolute atomic E-state index is 15.8. The SMILES string of the molecule is C[C@H](NP(=O)(Oc1ccccc1)[C@H](F)c1ccc2sc(C(=O)O)cc2c1)C(=O)OC1CCC1. The largest absolute Gasteiger partial charge is 0.477 e. The minimum Gasteiger partial charge on any atom is -0.477 e. The molecule has 174 valence electrons. The first-order valence-electron chi connectivity index (χ1n) is 10.5. The molecule has 1 aromatic heterocycles. The van der Waals surface area contributed by atoms with E-state index in [9.17, 15) is 19.3 Å². The van der Waals surface area contributed by atoms with Gasteiger partial charge in [0.2, 0.25) is 5.91 Å². The molecule has 0 saturated heterocycles. The number of carboxylic acids is 1. The molecule has 33 heavy (non-hydrogen) atoms. The lowest BCUT2D eigenvalue weighted by Crippen LogP contribution is -2.38. The van der Waals surface area contributed by atoms with Gasteiger partial charge in [-0.15, -0.1) is 11.3 Å². The number of esters is 1. The number of hydrogen-bond donors (Lipinski definition) is 2. The highest BCUT2D eigenvalue weighted by Crippen LogP contribution is 2.58. The van der Waals surface area contributed by atoms with Gasteiger partial charge in [-0.2, -0.15) is 0 Å². The van der Waals surface area contributed by atoms with Crippen molar-refractivity contribution in [1.82, 2.24) is 5.09 Å². The van der Waals surface area contributed by atoms with Crippen molar-refractivity contribution in [2.75, 3.05) is 0 Å². The van der Waals surface area contributed by atoms with E-state index in [2.05, 4.69) is 5.09 Å². The number of rotatable bonds is 9. The minimum atomic E-state index is -4.32. The van der Waals surface area contributed by atoms with Gasteiger partial charge in [0.05, 0.1) is 0 Å². The molecule has 1 aliphatic carbocycles. The van der Waals surface area contributed by atoms with E-state index in [4.69, 9.17) is 9.26 Å². The molecule has 1 heterocycles. The summed E-state index contributed by atoms with van der Waals surface area (Å²) in [6.07, 6.45) is 2.38. The second kappa shape index (κ2) is 9.63. The lowest BCUT2D eigenvalue weighted by molar-refractivity contribution is -0.154. The molecule has 0 spiro atoms. The first kappa shape index (κ1) is 23.4. The molecule has 2 N–H and O–H groups in total. The van der Waals surface area contributed by atoms with E-state index >= 15 is 4.39 Å². The number of benzene rings is 2. The van der Waals surface area contributed by atoms with E-state index < -0.39 is 31.4 Å². The van der Waals surface area contributed by atoms with Crippen LogP contribution in [0.3, 0.4) is 0 Å². The van der Waals surface area contributed by atoms with Crippen molar-refractivity contribution in [3.8, 4) is 5.75 Å². The Bertz CT molecular complexity index is 1210. The van der Waals surface area contributed by atoms with Crippen LogP contribution in [0.1, 0.15) is 47.3 Å². The maximum atomic E-state index is 15.8. The highest BCUT2D eigenvalue weighted by molar-refractivity contribution is 7.57. The van der Waals surface area contributed by atoms with Crippen LogP contribution < -0.4 is 9.61 Å². The fraction of sp³-hybridized carbons (Fsp3) is 0.304. The minimum absolute atomic E-state index is 0.0450. The molecular weight excluding hydrogens is 468 g/mol. The van der Waals surface area contributed by atoms with Crippen molar-refractivity contribution in [3.05, 3.63) is 65.0 Å². The van der Waals surface area contributed by atoms with Crippen molar-refractivity contribution >= 4 is 40.9 Å². The summed E-state index contributed by atoms with van der Waals surface area (Å²) < 4.78 is 41.2. The predicted molar refractivity (Wildman–Crippen MR) is 124 cm³/mol. The lowest BCUT2D eigenvalue weighted by Gasteiger charge is -2.29. The number of ether oxygens (including phenoxy) is 1. The maximum Gasteiger partial charge on any atom is 0.355 e. The molecule has 1 aliphatic rings. The normalized spacial score (nSPS) is 17.5. The number of carboxylic acid groups (broad SMARTS) is 1. The van der Waals surface area contributed by atoms with Crippen LogP contribution in [0.5, 0.6) is 5.75 Å². The summed E-state index contributed by atoms with van der Waals surface area (Å²) in [5.74, 6) is -3.63. The average molecular weight is 491 g/mol. The molecule has 4 rings (SSSR count). The molecule has 7 nitrogen and oxygen atoms in total. The summed E-state index contributed by atoms with van der Waals surface area (Å²) in [6, 6.07) is 13.0. The molecule has 1 saturated carbocycles. The van der Waals surface area contributed by atoms with E-state index in [1.54, 1.807) is 36.4 Å². The number of carbonyl (C=O) groups is 2. The number of carbonyl (C=O) groups excluding carboxylic acids is 1. The summed E-state index contributed by atoms with van der Waals surface area (Å²) in [5.41, 5.74) is 0.0450. The molecule has 1 fully saturated rings. The second-order valence-electron chi connectivity index (χ2n) is 7.89. The zero-order valence-electron chi connectivity index (χ0n) is 17.8. The van der Waals surface area contributed by atoms with Crippen molar-refractivity contribution in [2.24, 2.45) is 0 Å². The highest BCUT2D eigenvalue weighted by atomic mass is 32.1. The molecular formula is C23H23FNO6PS. The van der Waals surface area contributed by atoms with Gasteiger partial charge in [-0.25, -0.2) is 14.3 Å². The summed E-state index contributed by atoms with van der Waals surface area (Å²) >= 11 is 1.06. The van der Waals surface area contributed by atoms with Crippen LogP contribution >= 0.6 is 18.9 Å². The monoisotopic (exact) mass is 491 g/mol. The molecule has 2 aromatic carbocycles. The first-order valence-corrected chi connectivity index (χ1v) is 13.0. The zero-order chi connectivity index (χ0) is 23.6. The topological polar surface area (TPSA) is 102 Å². The van der Waals surface area contributed by atoms with Gasteiger partial charge in [0.25, 0.3) is 0 Å². The van der Waals surface area contributed by atoms with Crippen molar-refractivity contribution in [1.29, 1.82) is 0 Å². The molecule has 3 atom stereocenters. The number of aromatic carboxylic acids is 1. The molecule has 0 radical (unpaired) electrons. The summed E-state index contributed by atoms with van der Waals surface area (Å²) in [7, 11) is -4.32. The zero-order valence-corrected chi connectivity index (χ0v) is 19.5.